The number of unbranched alkanes of at least 4 members (excludes halogenated alkanes) is 7. The van der Waals surface area contributed by atoms with E-state index in [1.807, 2.05) is 12.2 Å². The number of hydrogen-bond acceptors (Lipinski definition) is 8. The number of hydrogen-bond donors (Lipinski definition) is 2. The molecule has 57 heavy (non-hydrogen) atoms. The zero-order valence-electron chi connectivity index (χ0n) is 35.3. The first-order valence-electron chi connectivity index (χ1n) is 21.4. The number of carbonyl (C=O) groups excluding carboxylic acids is 2. The Bertz CT molecular complexity index is 1290. The van der Waals surface area contributed by atoms with E-state index in [2.05, 4.69) is 111 Å². The van der Waals surface area contributed by atoms with Crippen molar-refractivity contribution in [3.05, 3.63) is 109 Å². The van der Waals surface area contributed by atoms with Crippen LogP contribution in [0.1, 0.15) is 142 Å². The Hall–Kier alpha value is -3.33. The van der Waals surface area contributed by atoms with Crippen molar-refractivity contribution >= 4 is 19.8 Å². The predicted molar refractivity (Wildman–Crippen MR) is 238 cm³/mol. The molecule has 0 radical (unpaired) electrons. The summed E-state index contributed by atoms with van der Waals surface area (Å²) in [5.41, 5.74) is 5.34. The van der Waals surface area contributed by atoms with Crippen LogP contribution in [0, 0.1) is 0 Å². The van der Waals surface area contributed by atoms with Gasteiger partial charge in [0.2, 0.25) is 0 Å². The summed E-state index contributed by atoms with van der Waals surface area (Å²) in [7, 11) is -4.41. The standard InChI is InChI=1S/C47H76NO8P/c1-3-5-7-9-11-13-15-17-19-21-22-24-25-27-29-31-33-35-37-39-46(49)53-43-45(44-55-57(51,52)54-42-41-48)56-47(50)40-38-36-34-32-30-28-26-23-20-18-16-14-12-10-8-6-4-2/h6,8,11-14,17-20,22,24,26-29,33,35,45H,3-5,7,9-10,15-16,21,23,25,30-32,34,36-44,48H2,1-2H3,(H,51,52). The average molecular weight is 814 g/mol. The summed E-state index contributed by atoms with van der Waals surface area (Å²) >= 11 is 0. The highest BCUT2D eigenvalue weighted by Crippen LogP contribution is 2.43. The summed E-state index contributed by atoms with van der Waals surface area (Å²) in [6.07, 6.45) is 55.6. The van der Waals surface area contributed by atoms with E-state index in [-0.39, 0.29) is 32.6 Å². The molecule has 2 unspecified atom stereocenters. The fourth-order valence-electron chi connectivity index (χ4n) is 5.02. The van der Waals surface area contributed by atoms with Gasteiger partial charge in [-0.25, -0.2) is 4.57 Å². The van der Waals surface area contributed by atoms with Crippen molar-refractivity contribution in [1.29, 1.82) is 0 Å². The van der Waals surface area contributed by atoms with Crippen LogP contribution >= 0.6 is 7.82 Å². The monoisotopic (exact) mass is 814 g/mol. The second kappa shape index (κ2) is 42.3. The van der Waals surface area contributed by atoms with E-state index in [0.717, 1.165) is 77.0 Å². The second-order valence-electron chi connectivity index (χ2n) is 13.5. The van der Waals surface area contributed by atoms with Gasteiger partial charge in [-0.1, -0.05) is 149 Å². The maximum absolute atomic E-state index is 12.6. The summed E-state index contributed by atoms with van der Waals surface area (Å²) in [6, 6.07) is 0. The van der Waals surface area contributed by atoms with Crippen molar-refractivity contribution < 1.29 is 37.6 Å². The van der Waals surface area contributed by atoms with Crippen molar-refractivity contribution in [2.24, 2.45) is 5.73 Å². The van der Waals surface area contributed by atoms with E-state index in [1.165, 1.54) is 25.7 Å². The molecule has 3 N–H and O–H groups in total. The SMILES string of the molecule is CCC=CCC=CCC=CCC=CCCCCCCC(=O)OC(COC(=O)CCC=CCC=CCC=CCC=CCC=CCCCCC)COP(=O)(O)OCCN. The summed E-state index contributed by atoms with van der Waals surface area (Å²) in [4.78, 5) is 34.8. The van der Waals surface area contributed by atoms with Gasteiger partial charge in [-0.2, -0.15) is 0 Å². The highest BCUT2D eigenvalue weighted by atomic mass is 31.2. The van der Waals surface area contributed by atoms with Crippen molar-refractivity contribution in [2.45, 2.75) is 148 Å². The van der Waals surface area contributed by atoms with Crippen LogP contribution in [0.15, 0.2) is 109 Å². The lowest BCUT2D eigenvalue weighted by atomic mass is 10.1. The fourth-order valence-corrected chi connectivity index (χ4v) is 5.78. The third-order valence-electron chi connectivity index (χ3n) is 8.16. The Balaban J connectivity index is 4.36. The van der Waals surface area contributed by atoms with Crippen LogP contribution in [0.25, 0.3) is 0 Å². The number of allylic oxidation sites excluding steroid dienone is 18. The number of esters is 2. The molecule has 0 bridgehead atoms. The second-order valence-corrected chi connectivity index (χ2v) is 14.9. The van der Waals surface area contributed by atoms with Gasteiger partial charge in [0.1, 0.15) is 6.61 Å². The van der Waals surface area contributed by atoms with E-state index in [0.29, 0.717) is 12.8 Å². The minimum absolute atomic E-state index is 0.0331. The largest absolute Gasteiger partial charge is 0.472 e. The summed E-state index contributed by atoms with van der Waals surface area (Å²) in [6.45, 7) is 3.44. The Morgan fingerprint density at radius 1 is 0.544 bits per heavy atom. The molecule has 0 aliphatic rings. The molecule has 0 aliphatic carbocycles. The quantitative estimate of drug-likeness (QED) is 0.0270. The topological polar surface area (TPSA) is 134 Å². The molecule has 9 nitrogen and oxygen atoms in total. The molecule has 0 saturated heterocycles. The highest BCUT2D eigenvalue weighted by molar-refractivity contribution is 7.47. The van der Waals surface area contributed by atoms with Crippen LogP contribution in [0.2, 0.25) is 0 Å². The molecule has 0 fully saturated rings. The number of phosphoric ester groups is 1. The molecule has 0 spiro atoms. The first-order chi connectivity index (χ1) is 27.8. The number of ether oxygens (including phenoxy) is 2. The third kappa shape index (κ3) is 42.1. The van der Waals surface area contributed by atoms with Gasteiger partial charge in [-0.3, -0.25) is 18.6 Å². The van der Waals surface area contributed by atoms with Crippen molar-refractivity contribution in [3.8, 4) is 0 Å². The Morgan fingerprint density at radius 2 is 1.00 bits per heavy atom. The molecule has 10 heteroatoms. The molecule has 2 atom stereocenters. The maximum atomic E-state index is 12.6. The fraction of sp³-hybridized carbons (Fsp3) is 0.574. The van der Waals surface area contributed by atoms with Gasteiger partial charge in [-0.05, 0) is 89.9 Å². The molecule has 0 aliphatic heterocycles. The normalized spacial score (nSPS) is 14.4. The van der Waals surface area contributed by atoms with Crippen LogP contribution in [-0.2, 0) is 32.7 Å². The third-order valence-corrected chi connectivity index (χ3v) is 9.14. The molecule has 0 heterocycles. The lowest BCUT2D eigenvalue weighted by molar-refractivity contribution is -0.161. The van der Waals surface area contributed by atoms with Crippen LogP contribution in [0.4, 0.5) is 0 Å². The number of nitrogens with two attached hydrogens (primary N) is 1. The average Bonchev–Trinajstić information content (AvgIpc) is 3.20. The van der Waals surface area contributed by atoms with Crippen LogP contribution in [0.3, 0.4) is 0 Å². The molecule has 0 aromatic heterocycles. The summed E-state index contributed by atoms with van der Waals surface area (Å²) < 4.78 is 32.7. The minimum atomic E-state index is -4.41. The van der Waals surface area contributed by atoms with Gasteiger partial charge in [0, 0.05) is 19.4 Å². The molecular weight excluding hydrogens is 737 g/mol. The lowest BCUT2D eigenvalue weighted by Crippen LogP contribution is -2.29. The minimum Gasteiger partial charge on any atom is -0.462 e. The van der Waals surface area contributed by atoms with Gasteiger partial charge < -0.3 is 20.1 Å². The van der Waals surface area contributed by atoms with Crippen LogP contribution in [0.5, 0.6) is 0 Å². The van der Waals surface area contributed by atoms with E-state index >= 15 is 0 Å². The zero-order valence-corrected chi connectivity index (χ0v) is 36.2. The van der Waals surface area contributed by atoms with Gasteiger partial charge in [0.15, 0.2) is 6.10 Å². The number of phosphoric acid groups is 1. The molecule has 0 aromatic carbocycles. The molecule has 0 rings (SSSR count). The zero-order chi connectivity index (χ0) is 41.8. The number of rotatable bonds is 38. The summed E-state index contributed by atoms with van der Waals surface area (Å²) in [5, 5.41) is 0. The lowest BCUT2D eigenvalue weighted by Gasteiger charge is -2.19. The predicted octanol–water partition coefficient (Wildman–Crippen LogP) is 12.4. The maximum Gasteiger partial charge on any atom is 0.472 e. The van der Waals surface area contributed by atoms with Gasteiger partial charge in [-0.15, -0.1) is 0 Å². The Morgan fingerprint density at radius 3 is 1.49 bits per heavy atom. The molecule has 0 amide bonds. The number of carbonyl (C=O) groups is 2. The van der Waals surface area contributed by atoms with Crippen LogP contribution < -0.4 is 5.73 Å². The molecule has 322 valence electrons. The molecule has 0 aromatic rings. The van der Waals surface area contributed by atoms with E-state index in [1.54, 1.807) is 0 Å². The molecule has 0 saturated carbocycles. The van der Waals surface area contributed by atoms with Crippen molar-refractivity contribution in [3.63, 3.8) is 0 Å². The first kappa shape index (κ1) is 53.7. The summed E-state index contributed by atoms with van der Waals surface area (Å²) in [5.74, 6) is -0.965. The van der Waals surface area contributed by atoms with Crippen molar-refractivity contribution in [2.75, 3.05) is 26.4 Å². The highest BCUT2D eigenvalue weighted by Gasteiger charge is 2.25. The van der Waals surface area contributed by atoms with Gasteiger partial charge >= 0.3 is 19.8 Å². The van der Waals surface area contributed by atoms with Gasteiger partial charge in [0.05, 0.1) is 13.2 Å². The van der Waals surface area contributed by atoms with E-state index < -0.39 is 32.5 Å². The van der Waals surface area contributed by atoms with E-state index in [4.69, 9.17) is 24.3 Å². The Labute approximate surface area is 346 Å². The van der Waals surface area contributed by atoms with Crippen LogP contribution in [-0.4, -0.2) is 49.3 Å². The molecular formula is C47H76NO8P. The van der Waals surface area contributed by atoms with E-state index in [9.17, 15) is 19.0 Å². The smallest absolute Gasteiger partial charge is 0.462 e. The van der Waals surface area contributed by atoms with Crippen molar-refractivity contribution in [1.82, 2.24) is 0 Å². The Kier molecular flexibility index (Phi) is 39.8. The van der Waals surface area contributed by atoms with Gasteiger partial charge in [0.25, 0.3) is 0 Å². The first-order valence-corrected chi connectivity index (χ1v) is 22.9.